The van der Waals surface area contributed by atoms with E-state index in [0.29, 0.717) is 5.91 Å². The number of amides is 1. The molecule has 2 N–H and O–H groups in total. The minimum Gasteiger partial charge on any atom is -0.355 e. The average molecular weight is 404 g/mol. The van der Waals surface area contributed by atoms with Gasteiger partial charge < -0.3 is 20.4 Å². The predicted octanol–water partition coefficient (Wildman–Crippen LogP) is 2.21. The monoisotopic (exact) mass is 403 g/mol. The number of likely N-dealkylation sites (N-methyl/N-ethyl adjacent to an activating group) is 1. The summed E-state index contributed by atoms with van der Waals surface area (Å²) < 4.78 is 13.0. The van der Waals surface area contributed by atoms with Crippen molar-refractivity contribution in [3.63, 3.8) is 0 Å². The lowest BCUT2D eigenvalue weighted by molar-refractivity contribution is -0.134. The molecule has 3 rings (SSSR count). The Balaban J connectivity index is 1.36. The first-order valence-electron chi connectivity index (χ1n) is 10.7. The maximum absolute atomic E-state index is 13.0. The van der Waals surface area contributed by atoms with Crippen LogP contribution in [-0.2, 0) is 11.3 Å². The van der Waals surface area contributed by atoms with E-state index in [4.69, 9.17) is 0 Å². The molecule has 1 atom stereocenters. The van der Waals surface area contributed by atoms with E-state index in [1.165, 1.54) is 25.0 Å². The van der Waals surface area contributed by atoms with Crippen LogP contribution in [0, 0.1) is 11.7 Å². The van der Waals surface area contributed by atoms with Gasteiger partial charge in [0.2, 0.25) is 5.91 Å². The highest BCUT2D eigenvalue weighted by atomic mass is 19.1. The molecule has 1 saturated heterocycles. The minimum atomic E-state index is -0.205. The lowest BCUT2D eigenvalue weighted by atomic mass is 10.1. The molecule has 0 radical (unpaired) electrons. The molecule has 29 heavy (non-hydrogen) atoms. The van der Waals surface area contributed by atoms with Crippen molar-refractivity contribution < 1.29 is 9.18 Å². The van der Waals surface area contributed by atoms with Crippen LogP contribution in [-0.4, -0.2) is 68.0 Å². The summed E-state index contributed by atoms with van der Waals surface area (Å²) in [6.45, 7) is 3.98. The van der Waals surface area contributed by atoms with Gasteiger partial charge in [0.05, 0.1) is 0 Å². The van der Waals surface area contributed by atoms with Crippen LogP contribution < -0.4 is 10.6 Å². The first kappa shape index (κ1) is 21.6. The number of rotatable bonds is 7. The Bertz CT molecular complexity index is 687. The van der Waals surface area contributed by atoms with Crippen molar-refractivity contribution in [1.82, 2.24) is 20.4 Å². The standard InChI is InChI=1S/C22H34FN5O/c1-24-22(25-12-14-27(2)15-17-7-9-19(23)10-8-17)26-20-11-13-28(16-20)21(29)18-5-3-4-6-18/h7-10,18,20H,3-6,11-16H2,1-2H3,(H2,24,25,26). The van der Waals surface area contributed by atoms with Crippen LogP contribution in [0.25, 0.3) is 0 Å². The number of halogens is 1. The van der Waals surface area contributed by atoms with Crippen LogP contribution in [0.1, 0.15) is 37.7 Å². The third kappa shape index (κ3) is 6.42. The van der Waals surface area contributed by atoms with Crippen molar-refractivity contribution >= 4 is 11.9 Å². The summed E-state index contributed by atoms with van der Waals surface area (Å²) in [7, 11) is 3.82. The molecular formula is C22H34FN5O. The number of guanidine groups is 1. The molecule has 1 aliphatic carbocycles. The van der Waals surface area contributed by atoms with Crippen molar-refractivity contribution in [3.8, 4) is 0 Å². The number of nitrogens with one attached hydrogen (secondary N) is 2. The van der Waals surface area contributed by atoms with E-state index in [0.717, 1.165) is 63.5 Å². The van der Waals surface area contributed by atoms with E-state index >= 15 is 0 Å². The molecule has 1 saturated carbocycles. The maximum atomic E-state index is 13.0. The molecule has 7 heteroatoms. The molecule has 6 nitrogen and oxygen atoms in total. The second-order valence-electron chi connectivity index (χ2n) is 8.26. The summed E-state index contributed by atoms with van der Waals surface area (Å²) in [5.41, 5.74) is 1.09. The number of nitrogens with zero attached hydrogens (tertiary/aromatic N) is 3. The number of hydrogen-bond donors (Lipinski definition) is 2. The number of aliphatic imine (C=N–C) groups is 1. The highest BCUT2D eigenvalue weighted by Gasteiger charge is 2.32. The van der Waals surface area contributed by atoms with Crippen LogP contribution in [0.4, 0.5) is 4.39 Å². The second kappa shape index (κ2) is 10.6. The van der Waals surface area contributed by atoms with Crippen molar-refractivity contribution in [3.05, 3.63) is 35.6 Å². The molecule has 2 fully saturated rings. The van der Waals surface area contributed by atoms with Crippen LogP contribution in [0.5, 0.6) is 0 Å². The van der Waals surface area contributed by atoms with Crippen molar-refractivity contribution in [2.45, 2.75) is 44.7 Å². The summed E-state index contributed by atoms with van der Waals surface area (Å²) in [5.74, 6) is 1.17. The van der Waals surface area contributed by atoms with E-state index in [2.05, 4.69) is 20.5 Å². The van der Waals surface area contributed by atoms with E-state index in [1.807, 2.05) is 24.1 Å². The molecule has 1 aromatic rings. The van der Waals surface area contributed by atoms with Crippen molar-refractivity contribution in [1.29, 1.82) is 0 Å². The normalized spacial score (nSPS) is 20.5. The minimum absolute atomic E-state index is 0.205. The fourth-order valence-corrected chi connectivity index (χ4v) is 4.24. The summed E-state index contributed by atoms with van der Waals surface area (Å²) in [5, 5.41) is 6.81. The summed E-state index contributed by atoms with van der Waals surface area (Å²) in [6, 6.07) is 6.88. The first-order valence-corrected chi connectivity index (χ1v) is 10.7. The lowest BCUT2D eigenvalue weighted by Gasteiger charge is -2.22. The van der Waals surface area contributed by atoms with Gasteiger partial charge in [-0.15, -0.1) is 0 Å². The quantitative estimate of drug-likeness (QED) is 0.541. The Morgan fingerprint density at radius 1 is 1.24 bits per heavy atom. The zero-order valence-corrected chi connectivity index (χ0v) is 17.7. The number of likely N-dealkylation sites (tertiary alicyclic amines) is 1. The lowest BCUT2D eigenvalue weighted by Crippen LogP contribution is -2.46. The van der Waals surface area contributed by atoms with Crippen LogP contribution in [0.3, 0.4) is 0 Å². The molecule has 2 aliphatic rings. The van der Waals surface area contributed by atoms with Gasteiger partial charge in [-0.05, 0) is 44.0 Å². The van der Waals surface area contributed by atoms with Crippen LogP contribution >= 0.6 is 0 Å². The Labute approximate surface area is 173 Å². The highest BCUT2D eigenvalue weighted by Crippen LogP contribution is 2.27. The molecule has 1 aromatic carbocycles. The van der Waals surface area contributed by atoms with Gasteiger partial charge >= 0.3 is 0 Å². The van der Waals surface area contributed by atoms with Crippen LogP contribution in [0.2, 0.25) is 0 Å². The first-order chi connectivity index (χ1) is 14.0. The Kier molecular flexibility index (Phi) is 7.86. The number of hydrogen-bond acceptors (Lipinski definition) is 3. The number of carbonyl (C=O) groups excluding carboxylic acids is 1. The summed E-state index contributed by atoms with van der Waals surface area (Å²) in [4.78, 5) is 21.1. The molecule has 1 amide bonds. The molecule has 1 heterocycles. The fraction of sp³-hybridized carbons (Fsp3) is 0.636. The molecule has 0 spiro atoms. The van der Waals surface area contributed by atoms with Gasteiger partial charge in [0.15, 0.2) is 5.96 Å². The highest BCUT2D eigenvalue weighted by molar-refractivity contribution is 5.81. The number of benzene rings is 1. The summed E-state index contributed by atoms with van der Waals surface area (Å²) in [6.07, 6.45) is 5.46. The molecule has 1 aliphatic heterocycles. The predicted molar refractivity (Wildman–Crippen MR) is 114 cm³/mol. The van der Waals surface area contributed by atoms with Gasteiger partial charge in [0.1, 0.15) is 5.82 Å². The Morgan fingerprint density at radius 2 is 1.97 bits per heavy atom. The van der Waals surface area contributed by atoms with Gasteiger partial charge in [-0.2, -0.15) is 0 Å². The maximum Gasteiger partial charge on any atom is 0.225 e. The SMILES string of the molecule is CN=C(NCCN(C)Cc1ccc(F)cc1)NC1CCN(C(=O)C2CCCC2)C1. The van der Waals surface area contributed by atoms with E-state index in [9.17, 15) is 9.18 Å². The van der Waals surface area contributed by atoms with Crippen LogP contribution in [0.15, 0.2) is 29.3 Å². The molecular weight excluding hydrogens is 369 g/mol. The largest absolute Gasteiger partial charge is 0.355 e. The van der Waals surface area contributed by atoms with E-state index in [1.54, 1.807) is 7.05 Å². The molecule has 0 bridgehead atoms. The average Bonchev–Trinajstić information content (AvgIpc) is 3.40. The van der Waals surface area contributed by atoms with Crippen molar-refractivity contribution in [2.24, 2.45) is 10.9 Å². The van der Waals surface area contributed by atoms with Gasteiger partial charge in [0, 0.05) is 51.7 Å². The summed E-state index contributed by atoms with van der Waals surface area (Å²) >= 11 is 0. The van der Waals surface area contributed by atoms with Gasteiger partial charge in [-0.25, -0.2) is 4.39 Å². The Hall–Kier alpha value is -2.15. The topological polar surface area (TPSA) is 60.0 Å². The Morgan fingerprint density at radius 3 is 2.66 bits per heavy atom. The smallest absolute Gasteiger partial charge is 0.225 e. The zero-order valence-electron chi connectivity index (χ0n) is 17.7. The van der Waals surface area contributed by atoms with Gasteiger partial charge in [-0.1, -0.05) is 25.0 Å². The molecule has 160 valence electrons. The molecule has 0 aromatic heterocycles. The third-order valence-electron chi connectivity index (χ3n) is 5.92. The van der Waals surface area contributed by atoms with E-state index < -0.39 is 0 Å². The van der Waals surface area contributed by atoms with Gasteiger partial charge in [0.25, 0.3) is 0 Å². The third-order valence-corrected chi connectivity index (χ3v) is 5.92. The van der Waals surface area contributed by atoms with Gasteiger partial charge in [-0.3, -0.25) is 9.79 Å². The molecule has 1 unspecified atom stereocenters. The fourth-order valence-electron chi connectivity index (χ4n) is 4.24. The second-order valence-corrected chi connectivity index (χ2v) is 8.26. The number of carbonyl (C=O) groups is 1. The van der Waals surface area contributed by atoms with Crippen molar-refractivity contribution in [2.75, 3.05) is 40.3 Å². The zero-order chi connectivity index (χ0) is 20.6. The van der Waals surface area contributed by atoms with E-state index in [-0.39, 0.29) is 17.8 Å².